The van der Waals surface area contributed by atoms with Gasteiger partial charge < -0.3 is 15.2 Å². The SMILES string of the molecule is NC(=O)Cn1ccnc1C1CCN(c2ncccc2F)CC1. The largest absolute Gasteiger partial charge is 0.368 e. The van der Waals surface area contributed by atoms with E-state index >= 15 is 0 Å². The van der Waals surface area contributed by atoms with E-state index in [9.17, 15) is 9.18 Å². The van der Waals surface area contributed by atoms with E-state index in [0.717, 1.165) is 18.7 Å². The van der Waals surface area contributed by atoms with Gasteiger partial charge in [-0.1, -0.05) is 0 Å². The Hall–Kier alpha value is -2.44. The standard InChI is InChI=1S/C15H18FN5O/c16-12-2-1-5-18-15(12)20-7-3-11(4-8-20)14-19-6-9-21(14)10-13(17)22/h1-2,5-6,9,11H,3-4,7-8,10H2,(H2,17,22). The van der Waals surface area contributed by atoms with Crippen LogP contribution in [-0.2, 0) is 11.3 Å². The number of pyridine rings is 1. The molecule has 0 atom stereocenters. The summed E-state index contributed by atoms with van der Waals surface area (Å²) in [5, 5.41) is 0. The molecule has 1 amide bonds. The quantitative estimate of drug-likeness (QED) is 0.923. The molecule has 0 saturated carbocycles. The van der Waals surface area contributed by atoms with E-state index in [-0.39, 0.29) is 24.2 Å². The summed E-state index contributed by atoms with van der Waals surface area (Å²) in [4.78, 5) is 21.5. The minimum atomic E-state index is -0.382. The smallest absolute Gasteiger partial charge is 0.237 e. The van der Waals surface area contributed by atoms with Gasteiger partial charge in [-0.2, -0.15) is 0 Å². The number of primary amides is 1. The number of carbonyl (C=O) groups excluding carboxylic acids is 1. The molecule has 2 N–H and O–H groups in total. The van der Waals surface area contributed by atoms with Crippen LogP contribution in [0.15, 0.2) is 30.7 Å². The van der Waals surface area contributed by atoms with Gasteiger partial charge in [-0.3, -0.25) is 4.79 Å². The number of aromatic nitrogens is 3. The molecule has 1 saturated heterocycles. The van der Waals surface area contributed by atoms with Gasteiger partial charge in [0.05, 0.1) is 0 Å². The molecule has 0 aromatic carbocycles. The first-order valence-corrected chi connectivity index (χ1v) is 7.30. The predicted octanol–water partition coefficient (Wildman–Crippen LogP) is 1.29. The maximum Gasteiger partial charge on any atom is 0.237 e. The number of carbonyl (C=O) groups is 1. The van der Waals surface area contributed by atoms with E-state index in [1.807, 2.05) is 4.90 Å². The van der Waals surface area contributed by atoms with Crippen molar-refractivity contribution in [3.8, 4) is 0 Å². The fourth-order valence-corrected chi connectivity index (χ4v) is 2.94. The average molecular weight is 303 g/mol. The summed E-state index contributed by atoms with van der Waals surface area (Å²) in [5.74, 6) is 0.849. The molecule has 1 aliphatic rings. The molecule has 6 nitrogen and oxygen atoms in total. The number of nitrogens with zero attached hydrogens (tertiary/aromatic N) is 4. The number of imidazole rings is 1. The summed E-state index contributed by atoms with van der Waals surface area (Å²) in [6.45, 7) is 1.56. The van der Waals surface area contributed by atoms with Gasteiger partial charge in [-0.25, -0.2) is 14.4 Å². The number of amides is 1. The summed E-state index contributed by atoms with van der Waals surface area (Å²) in [6.07, 6.45) is 6.73. The molecule has 7 heteroatoms. The zero-order valence-electron chi connectivity index (χ0n) is 12.2. The van der Waals surface area contributed by atoms with Crippen LogP contribution >= 0.6 is 0 Å². The molecular weight excluding hydrogens is 285 g/mol. The van der Waals surface area contributed by atoms with Crippen molar-refractivity contribution in [2.75, 3.05) is 18.0 Å². The third-order valence-corrected chi connectivity index (χ3v) is 3.97. The van der Waals surface area contributed by atoms with Crippen LogP contribution in [0.4, 0.5) is 10.2 Å². The number of piperidine rings is 1. The zero-order chi connectivity index (χ0) is 15.5. The molecule has 0 aliphatic carbocycles. The summed E-state index contributed by atoms with van der Waals surface area (Å²) < 4.78 is 15.6. The van der Waals surface area contributed by atoms with E-state index in [1.54, 1.807) is 29.2 Å². The number of rotatable bonds is 4. The molecule has 2 aromatic rings. The first-order valence-electron chi connectivity index (χ1n) is 7.30. The summed E-state index contributed by atoms with van der Waals surface area (Å²) in [6, 6.07) is 3.01. The van der Waals surface area contributed by atoms with Crippen molar-refractivity contribution < 1.29 is 9.18 Å². The van der Waals surface area contributed by atoms with Crippen LogP contribution in [0.1, 0.15) is 24.6 Å². The van der Waals surface area contributed by atoms with Gasteiger partial charge >= 0.3 is 0 Å². The minimum absolute atomic E-state index is 0.143. The minimum Gasteiger partial charge on any atom is -0.368 e. The molecule has 1 fully saturated rings. The monoisotopic (exact) mass is 303 g/mol. The highest BCUT2D eigenvalue weighted by Crippen LogP contribution is 2.29. The Morgan fingerprint density at radius 2 is 2.09 bits per heavy atom. The first kappa shape index (κ1) is 14.5. The summed E-state index contributed by atoms with van der Waals surface area (Å²) in [7, 11) is 0. The summed E-state index contributed by atoms with van der Waals surface area (Å²) in [5.41, 5.74) is 5.25. The normalized spacial score (nSPS) is 16.0. The Morgan fingerprint density at radius 3 is 2.77 bits per heavy atom. The van der Waals surface area contributed by atoms with Gasteiger partial charge in [0.25, 0.3) is 0 Å². The Bertz CT molecular complexity index is 663. The zero-order valence-corrected chi connectivity index (χ0v) is 12.2. The molecule has 0 radical (unpaired) electrons. The maximum absolute atomic E-state index is 13.8. The number of hydrogen-bond acceptors (Lipinski definition) is 4. The van der Waals surface area contributed by atoms with E-state index < -0.39 is 0 Å². The van der Waals surface area contributed by atoms with Gasteiger partial charge in [0.1, 0.15) is 12.4 Å². The van der Waals surface area contributed by atoms with E-state index in [4.69, 9.17) is 5.73 Å². The molecule has 116 valence electrons. The maximum atomic E-state index is 13.8. The Labute approximate surface area is 127 Å². The summed E-state index contributed by atoms with van der Waals surface area (Å²) >= 11 is 0. The van der Waals surface area contributed by atoms with Crippen LogP contribution in [0, 0.1) is 5.82 Å². The molecule has 0 unspecified atom stereocenters. The predicted molar refractivity (Wildman–Crippen MR) is 79.8 cm³/mol. The Kier molecular flexibility index (Phi) is 4.04. The van der Waals surface area contributed by atoms with Crippen molar-refractivity contribution in [2.45, 2.75) is 25.3 Å². The van der Waals surface area contributed by atoms with Crippen molar-refractivity contribution in [1.29, 1.82) is 0 Å². The van der Waals surface area contributed by atoms with Crippen LogP contribution in [0.25, 0.3) is 0 Å². The number of hydrogen-bond donors (Lipinski definition) is 1. The second-order valence-electron chi connectivity index (χ2n) is 5.45. The molecule has 2 aromatic heterocycles. The van der Waals surface area contributed by atoms with Crippen molar-refractivity contribution >= 4 is 11.7 Å². The third-order valence-electron chi connectivity index (χ3n) is 3.97. The van der Waals surface area contributed by atoms with Crippen LogP contribution < -0.4 is 10.6 Å². The van der Waals surface area contributed by atoms with Crippen LogP contribution in [0.5, 0.6) is 0 Å². The Balaban J connectivity index is 1.69. The van der Waals surface area contributed by atoms with Gasteiger partial charge in [0.15, 0.2) is 11.6 Å². The van der Waals surface area contributed by atoms with Crippen LogP contribution in [-0.4, -0.2) is 33.5 Å². The van der Waals surface area contributed by atoms with Crippen LogP contribution in [0.2, 0.25) is 0 Å². The molecule has 0 spiro atoms. The lowest BCUT2D eigenvalue weighted by molar-refractivity contribution is -0.118. The van der Waals surface area contributed by atoms with Crippen molar-refractivity contribution in [1.82, 2.24) is 14.5 Å². The lowest BCUT2D eigenvalue weighted by Crippen LogP contribution is -2.35. The molecule has 22 heavy (non-hydrogen) atoms. The van der Waals surface area contributed by atoms with Crippen molar-refractivity contribution in [3.63, 3.8) is 0 Å². The average Bonchev–Trinajstić information content (AvgIpc) is 2.95. The molecule has 0 bridgehead atoms. The fraction of sp³-hybridized carbons (Fsp3) is 0.400. The van der Waals surface area contributed by atoms with Crippen molar-refractivity contribution in [3.05, 3.63) is 42.4 Å². The number of anilines is 1. The lowest BCUT2D eigenvalue weighted by atomic mass is 9.96. The van der Waals surface area contributed by atoms with Gasteiger partial charge in [0.2, 0.25) is 5.91 Å². The second-order valence-corrected chi connectivity index (χ2v) is 5.45. The molecule has 3 heterocycles. The number of nitrogens with two attached hydrogens (primary N) is 1. The van der Waals surface area contributed by atoms with Gasteiger partial charge in [0, 0.05) is 37.6 Å². The van der Waals surface area contributed by atoms with Crippen LogP contribution in [0.3, 0.4) is 0 Å². The van der Waals surface area contributed by atoms with Crippen molar-refractivity contribution in [2.24, 2.45) is 5.73 Å². The third kappa shape index (κ3) is 2.93. The highest BCUT2D eigenvalue weighted by atomic mass is 19.1. The van der Waals surface area contributed by atoms with E-state index in [2.05, 4.69) is 9.97 Å². The highest BCUT2D eigenvalue weighted by Gasteiger charge is 2.25. The highest BCUT2D eigenvalue weighted by molar-refractivity contribution is 5.73. The molecule has 1 aliphatic heterocycles. The van der Waals surface area contributed by atoms with Gasteiger partial charge in [-0.05, 0) is 25.0 Å². The first-order chi connectivity index (χ1) is 10.6. The molecular formula is C15H18FN5O. The number of halogens is 1. The second kappa shape index (κ2) is 6.13. The molecule has 3 rings (SSSR count). The Morgan fingerprint density at radius 1 is 1.32 bits per heavy atom. The topological polar surface area (TPSA) is 77.0 Å². The fourth-order valence-electron chi connectivity index (χ4n) is 2.94. The van der Waals surface area contributed by atoms with E-state index in [0.29, 0.717) is 18.9 Å². The lowest BCUT2D eigenvalue weighted by Gasteiger charge is -2.32. The van der Waals surface area contributed by atoms with Gasteiger partial charge in [-0.15, -0.1) is 0 Å². The van der Waals surface area contributed by atoms with E-state index in [1.165, 1.54) is 6.07 Å².